The Balaban J connectivity index is 1.45. The molecule has 1 saturated heterocycles. The fraction of sp³-hybridized carbons (Fsp3) is 0.227. The molecule has 4 N–H and O–H groups in total. The van der Waals surface area contributed by atoms with Crippen LogP contribution < -0.4 is 10.5 Å². The summed E-state index contributed by atoms with van der Waals surface area (Å²) in [7, 11) is -3.78. The molecular weight excluding hydrogens is 642 g/mol. The molecule has 0 unspecified atom stereocenters. The predicted molar refractivity (Wildman–Crippen MR) is 148 cm³/mol. The largest absolute Gasteiger partial charge is 0.506 e. The van der Waals surface area contributed by atoms with Gasteiger partial charge in [-0.25, -0.2) is 13.6 Å². The fourth-order valence-corrected chi connectivity index (χ4v) is 6.29. The number of anilines is 1. The van der Waals surface area contributed by atoms with Gasteiger partial charge in [-0.2, -0.15) is 0 Å². The smallest absolute Gasteiger partial charge is 0.266 e. The average Bonchev–Trinajstić information content (AvgIpc) is 3.03. The molecule has 35 heavy (non-hydrogen) atoms. The molecule has 0 radical (unpaired) electrons. The van der Waals surface area contributed by atoms with Crippen molar-refractivity contribution in [3.8, 4) is 5.75 Å². The number of halogens is 2. The Morgan fingerprint density at radius 1 is 1.17 bits per heavy atom. The molecule has 3 rings (SSSR count). The minimum absolute atomic E-state index is 0.0256. The lowest BCUT2D eigenvalue weighted by molar-refractivity contribution is -0.122. The van der Waals surface area contributed by atoms with Crippen molar-refractivity contribution in [3.63, 3.8) is 0 Å². The highest BCUT2D eigenvalue weighted by atomic mass is 79.9. The Morgan fingerprint density at radius 3 is 2.51 bits per heavy atom. The molecule has 13 heteroatoms. The lowest BCUT2D eigenvalue weighted by Crippen LogP contribution is -2.29. The van der Waals surface area contributed by atoms with Crippen molar-refractivity contribution in [1.82, 2.24) is 4.90 Å². The summed E-state index contributed by atoms with van der Waals surface area (Å²) in [5.74, 6) is -0.366. The first kappa shape index (κ1) is 27.8. The average molecular weight is 663 g/mol. The van der Waals surface area contributed by atoms with Crippen LogP contribution in [0.5, 0.6) is 5.75 Å². The summed E-state index contributed by atoms with van der Waals surface area (Å²) >= 11 is 13.2. The van der Waals surface area contributed by atoms with E-state index in [4.69, 9.17) is 17.4 Å². The first-order valence-electron chi connectivity index (χ1n) is 10.3. The number of nitrogens with one attached hydrogen (secondary N) is 1. The molecule has 2 amide bonds. The van der Waals surface area contributed by atoms with Crippen LogP contribution in [0.2, 0.25) is 0 Å². The number of nitrogens with zero attached hydrogens (tertiary/aromatic N) is 1. The Kier molecular flexibility index (Phi) is 9.52. The van der Waals surface area contributed by atoms with E-state index in [9.17, 15) is 23.1 Å². The number of hydrogen-bond acceptors (Lipinski definition) is 7. The second-order valence-corrected chi connectivity index (χ2v) is 12.6. The molecule has 2 aromatic rings. The van der Waals surface area contributed by atoms with Gasteiger partial charge in [-0.1, -0.05) is 46.3 Å². The van der Waals surface area contributed by atoms with Gasteiger partial charge < -0.3 is 10.4 Å². The Labute approximate surface area is 229 Å². The van der Waals surface area contributed by atoms with Gasteiger partial charge in [0.1, 0.15) is 10.1 Å². The number of unbranched alkanes of at least 4 members (excludes halogenated alkanes) is 2. The number of primary sulfonamides is 1. The SMILES string of the molecule is NS(=O)(=O)c1ccc(NC(=O)CCCCCN2C(=O)/C(=C/c3cc(Br)cc(Br)c3O)SC2=S)cc1. The minimum atomic E-state index is -3.78. The van der Waals surface area contributed by atoms with E-state index < -0.39 is 10.0 Å². The number of phenols is 1. The number of benzene rings is 2. The molecule has 0 aliphatic carbocycles. The van der Waals surface area contributed by atoms with Crippen molar-refractivity contribution in [1.29, 1.82) is 0 Å². The lowest BCUT2D eigenvalue weighted by atomic mass is 10.1. The molecule has 0 spiro atoms. The maximum atomic E-state index is 12.8. The van der Waals surface area contributed by atoms with Crippen LogP contribution in [0.25, 0.3) is 6.08 Å². The van der Waals surface area contributed by atoms with Crippen molar-refractivity contribution in [3.05, 3.63) is 55.8 Å². The highest BCUT2D eigenvalue weighted by Gasteiger charge is 2.31. The number of sulfonamides is 1. The topological polar surface area (TPSA) is 130 Å². The van der Waals surface area contributed by atoms with Crippen molar-refractivity contribution >= 4 is 93.8 Å². The molecule has 1 aliphatic rings. The van der Waals surface area contributed by atoms with Gasteiger partial charge in [-0.15, -0.1) is 0 Å². The monoisotopic (exact) mass is 661 g/mol. The zero-order valence-electron chi connectivity index (χ0n) is 18.2. The molecular formula is C22H21Br2N3O5S3. The summed E-state index contributed by atoms with van der Waals surface area (Å²) in [6.45, 7) is 0.437. The summed E-state index contributed by atoms with van der Waals surface area (Å²) in [5.41, 5.74) is 0.979. The van der Waals surface area contributed by atoms with Gasteiger partial charge in [0.25, 0.3) is 5.91 Å². The molecule has 8 nitrogen and oxygen atoms in total. The Hall–Kier alpha value is -1.77. The van der Waals surface area contributed by atoms with E-state index in [1.165, 1.54) is 40.9 Å². The predicted octanol–water partition coefficient (Wildman–Crippen LogP) is 4.96. The van der Waals surface area contributed by atoms with Gasteiger partial charge in [0, 0.05) is 28.7 Å². The second-order valence-electron chi connectivity index (χ2n) is 7.59. The molecule has 0 atom stereocenters. The number of thiocarbonyl (C=S) groups is 1. The molecule has 0 saturated carbocycles. The number of thioether (sulfide) groups is 1. The number of carbonyl (C=O) groups excluding carboxylic acids is 2. The second kappa shape index (κ2) is 12.0. The van der Waals surface area contributed by atoms with Crippen LogP contribution >= 0.6 is 55.8 Å². The lowest BCUT2D eigenvalue weighted by Gasteiger charge is -2.14. The number of nitrogens with two attached hydrogens (primary N) is 1. The van der Waals surface area contributed by atoms with Crippen molar-refractivity contribution < 1.29 is 23.1 Å². The van der Waals surface area contributed by atoms with E-state index in [0.29, 0.717) is 50.8 Å². The zero-order chi connectivity index (χ0) is 25.8. The number of amides is 2. The van der Waals surface area contributed by atoms with Gasteiger partial charge in [0.2, 0.25) is 15.9 Å². The molecule has 0 aromatic heterocycles. The highest BCUT2D eigenvalue weighted by molar-refractivity contribution is 9.11. The van der Waals surface area contributed by atoms with Gasteiger partial charge >= 0.3 is 0 Å². The standard InChI is InChI=1S/C22H21Br2N3O5S3/c23-14-10-13(20(29)17(24)12-14)11-18-21(30)27(22(33)34-18)9-3-1-2-4-19(28)26-15-5-7-16(8-6-15)35(25,31)32/h5-8,10-12,29H,1-4,9H2,(H,26,28)(H2,25,31,32)/b18-11-. The highest BCUT2D eigenvalue weighted by Crippen LogP contribution is 2.37. The van der Waals surface area contributed by atoms with Crippen LogP contribution in [0.15, 0.2) is 55.1 Å². The van der Waals surface area contributed by atoms with E-state index >= 15 is 0 Å². The summed E-state index contributed by atoms with van der Waals surface area (Å²) in [6.07, 6.45) is 3.90. The summed E-state index contributed by atoms with van der Waals surface area (Å²) < 4.78 is 24.3. The van der Waals surface area contributed by atoms with E-state index in [1.807, 2.05) is 0 Å². The van der Waals surface area contributed by atoms with E-state index in [0.717, 1.165) is 4.47 Å². The molecule has 0 bridgehead atoms. The third-order valence-corrected chi connectivity index (χ3v) is 8.34. The Bertz CT molecular complexity index is 1300. The summed E-state index contributed by atoms with van der Waals surface area (Å²) in [6, 6.07) is 9.05. The van der Waals surface area contributed by atoms with Gasteiger partial charge in [0.05, 0.1) is 14.3 Å². The third kappa shape index (κ3) is 7.61. The van der Waals surface area contributed by atoms with Crippen LogP contribution in [-0.2, 0) is 19.6 Å². The van der Waals surface area contributed by atoms with Crippen molar-refractivity contribution in [2.75, 3.05) is 11.9 Å². The fourth-order valence-electron chi connectivity index (χ4n) is 3.21. The molecule has 186 valence electrons. The molecule has 1 fully saturated rings. The maximum absolute atomic E-state index is 12.8. The van der Waals surface area contributed by atoms with E-state index in [2.05, 4.69) is 37.2 Å². The number of hydrogen-bond donors (Lipinski definition) is 3. The number of carbonyl (C=O) groups is 2. The molecule has 1 heterocycles. The first-order valence-corrected chi connectivity index (χ1v) is 14.7. The molecule has 2 aromatic carbocycles. The normalized spacial score (nSPS) is 15.2. The van der Waals surface area contributed by atoms with Gasteiger partial charge in [0.15, 0.2) is 0 Å². The van der Waals surface area contributed by atoms with Crippen LogP contribution in [0.3, 0.4) is 0 Å². The van der Waals surface area contributed by atoms with Crippen LogP contribution in [0.1, 0.15) is 31.2 Å². The molecule has 1 aliphatic heterocycles. The Morgan fingerprint density at radius 2 is 1.86 bits per heavy atom. The van der Waals surface area contributed by atoms with Gasteiger partial charge in [-0.05, 0) is 71.2 Å². The number of rotatable bonds is 9. The van der Waals surface area contributed by atoms with E-state index in [-0.39, 0.29) is 28.9 Å². The summed E-state index contributed by atoms with van der Waals surface area (Å²) in [4.78, 5) is 26.9. The van der Waals surface area contributed by atoms with Crippen LogP contribution in [-0.4, -0.2) is 41.1 Å². The van der Waals surface area contributed by atoms with Crippen LogP contribution in [0, 0.1) is 0 Å². The van der Waals surface area contributed by atoms with Crippen LogP contribution in [0.4, 0.5) is 5.69 Å². The first-order chi connectivity index (χ1) is 16.5. The van der Waals surface area contributed by atoms with Crippen molar-refractivity contribution in [2.45, 2.75) is 30.6 Å². The third-order valence-electron chi connectivity index (χ3n) is 4.97. The van der Waals surface area contributed by atoms with E-state index in [1.54, 1.807) is 18.2 Å². The quantitative estimate of drug-likeness (QED) is 0.197. The van der Waals surface area contributed by atoms with Crippen molar-refractivity contribution in [2.24, 2.45) is 5.14 Å². The number of phenolic OH excluding ortho intramolecular Hbond substituents is 1. The summed E-state index contributed by atoms with van der Waals surface area (Å²) in [5, 5.41) is 18.0. The zero-order valence-corrected chi connectivity index (χ0v) is 23.8. The van der Waals surface area contributed by atoms with Gasteiger partial charge in [-0.3, -0.25) is 14.5 Å². The minimum Gasteiger partial charge on any atom is -0.506 e. The number of aromatic hydroxyl groups is 1. The maximum Gasteiger partial charge on any atom is 0.266 e.